The molecule has 0 N–H and O–H groups in total. The number of morpholine rings is 1. The molecular formula is C22H31N5O3S. The first-order valence-corrected chi connectivity index (χ1v) is 12.3. The quantitative estimate of drug-likeness (QED) is 0.694. The maximum absolute atomic E-state index is 13.3. The molecule has 0 unspecified atom stereocenters. The summed E-state index contributed by atoms with van der Waals surface area (Å²) in [6, 6.07) is 7.22. The summed E-state index contributed by atoms with van der Waals surface area (Å²) in [5.74, 6) is 1.58. The zero-order valence-corrected chi connectivity index (χ0v) is 19.4. The summed E-state index contributed by atoms with van der Waals surface area (Å²) in [4.78, 5) is 14.2. The van der Waals surface area contributed by atoms with E-state index in [1.165, 1.54) is 0 Å². The molecule has 0 saturated carbocycles. The summed E-state index contributed by atoms with van der Waals surface area (Å²) in [7, 11) is 0.398. The van der Waals surface area contributed by atoms with Gasteiger partial charge in [-0.1, -0.05) is 19.1 Å². The van der Waals surface area contributed by atoms with Crippen LogP contribution in [0.2, 0.25) is 0 Å². The zero-order valence-electron chi connectivity index (χ0n) is 18.5. The maximum Gasteiger partial charge on any atom is 0.243 e. The number of aryl methyl sites for hydroxylation is 1. The van der Waals surface area contributed by atoms with Crippen LogP contribution in [-0.2, 0) is 34.0 Å². The minimum Gasteiger partial charge on any atom is -0.378 e. The van der Waals surface area contributed by atoms with E-state index >= 15 is 0 Å². The molecule has 8 nitrogen and oxygen atoms in total. The summed E-state index contributed by atoms with van der Waals surface area (Å²) in [5.41, 5.74) is 3.11. The van der Waals surface area contributed by atoms with Crippen molar-refractivity contribution in [3.8, 4) is 0 Å². The maximum atomic E-state index is 13.3. The highest BCUT2D eigenvalue weighted by atomic mass is 32.2. The van der Waals surface area contributed by atoms with E-state index < -0.39 is 10.0 Å². The monoisotopic (exact) mass is 445 g/mol. The highest BCUT2D eigenvalue weighted by molar-refractivity contribution is 7.89. The van der Waals surface area contributed by atoms with Gasteiger partial charge in [0.2, 0.25) is 16.0 Å². The fraction of sp³-hybridized carbons (Fsp3) is 0.545. The number of hydrogen-bond donors (Lipinski definition) is 0. The fourth-order valence-corrected chi connectivity index (χ4v) is 5.55. The third-order valence-corrected chi connectivity index (χ3v) is 7.87. The second-order valence-electron chi connectivity index (χ2n) is 8.17. The van der Waals surface area contributed by atoms with Gasteiger partial charge in [-0.3, -0.25) is 0 Å². The van der Waals surface area contributed by atoms with Gasteiger partial charge in [0.25, 0.3) is 0 Å². The Kier molecular flexibility index (Phi) is 6.45. The van der Waals surface area contributed by atoms with E-state index in [1.54, 1.807) is 16.4 Å². The predicted molar refractivity (Wildman–Crippen MR) is 121 cm³/mol. The van der Waals surface area contributed by atoms with Crippen LogP contribution in [-0.4, -0.2) is 76.2 Å². The molecule has 1 aromatic heterocycles. The molecule has 0 spiro atoms. The minimum absolute atomic E-state index is 0.351. The van der Waals surface area contributed by atoms with Crippen LogP contribution in [0.25, 0.3) is 0 Å². The van der Waals surface area contributed by atoms with Crippen LogP contribution < -0.4 is 9.80 Å². The average Bonchev–Trinajstić information content (AvgIpc) is 3.02. The lowest BCUT2D eigenvalue weighted by molar-refractivity contribution is 0.122. The van der Waals surface area contributed by atoms with E-state index in [-0.39, 0.29) is 0 Å². The molecular weight excluding hydrogens is 414 g/mol. The molecule has 168 valence electrons. The van der Waals surface area contributed by atoms with Crippen molar-refractivity contribution in [3.63, 3.8) is 0 Å². The Hall–Kier alpha value is -2.23. The van der Waals surface area contributed by atoms with E-state index in [1.807, 2.05) is 31.1 Å². The van der Waals surface area contributed by atoms with Gasteiger partial charge in [0.1, 0.15) is 5.82 Å². The molecule has 2 aliphatic heterocycles. The molecule has 4 rings (SSSR count). The Morgan fingerprint density at radius 2 is 1.68 bits per heavy atom. The Bertz CT molecular complexity index is 1020. The van der Waals surface area contributed by atoms with Crippen LogP contribution in [0.15, 0.2) is 29.2 Å². The van der Waals surface area contributed by atoms with Crippen LogP contribution in [0.4, 0.5) is 11.8 Å². The Morgan fingerprint density at radius 1 is 1.00 bits per heavy atom. The van der Waals surface area contributed by atoms with Crippen molar-refractivity contribution in [2.24, 2.45) is 0 Å². The third kappa shape index (κ3) is 4.53. The summed E-state index contributed by atoms with van der Waals surface area (Å²) >= 11 is 0. The van der Waals surface area contributed by atoms with Crippen LogP contribution in [0.1, 0.15) is 23.7 Å². The van der Waals surface area contributed by atoms with E-state index in [0.29, 0.717) is 50.0 Å². The van der Waals surface area contributed by atoms with E-state index in [4.69, 9.17) is 14.7 Å². The van der Waals surface area contributed by atoms with Gasteiger partial charge in [0, 0.05) is 52.3 Å². The highest BCUT2D eigenvalue weighted by Crippen LogP contribution is 2.28. The number of sulfonamides is 1. The van der Waals surface area contributed by atoms with Crippen molar-refractivity contribution < 1.29 is 13.2 Å². The van der Waals surface area contributed by atoms with E-state index in [2.05, 4.69) is 11.8 Å². The van der Waals surface area contributed by atoms with E-state index in [9.17, 15) is 8.42 Å². The van der Waals surface area contributed by atoms with Gasteiger partial charge >= 0.3 is 0 Å². The largest absolute Gasteiger partial charge is 0.378 e. The topological polar surface area (TPSA) is 78.9 Å². The summed E-state index contributed by atoms with van der Waals surface area (Å²) in [6.07, 6.45) is 2.05. The standard InChI is InChI=1S/C22H31N5O3S/c1-4-17-5-7-18(8-6-17)31(28,29)27-11-9-19-20(10-12-27)23-22(24-21(19)25(2)3)26-13-15-30-16-14-26/h5-8H,4,9-16H2,1-3H3. The number of benzene rings is 1. The molecule has 0 amide bonds. The molecule has 1 aromatic carbocycles. The number of fused-ring (bicyclic) bond motifs is 1. The number of ether oxygens (including phenoxy) is 1. The molecule has 1 saturated heterocycles. The van der Waals surface area contributed by atoms with Crippen molar-refractivity contribution >= 4 is 21.8 Å². The van der Waals surface area contributed by atoms with Crippen LogP contribution in [0.3, 0.4) is 0 Å². The average molecular weight is 446 g/mol. The smallest absolute Gasteiger partial charge is 0.243 e. The van der Waals surface area contributed by atoms with Crippen molar-refractivity contribution in [2.45, 2.75) is 31.1 Å². The first kappa shape index (κ1) is 22.0. The molecule has 0 atom stereocenters. The Labute approximate surface area is 184 Å². The molecule has 2 aliphatic rings. The van der Waals surface area contributed by atoms with Gasteiger partial charge in [0.15, 0.2) is 0 Å². The van der Waals surface area contributed by atoms with Gasteiger partial charge in [0.05, 0.1) is 23.8 Å². The van der Waals surface area contributed by atoms with Crippen molar-refractivity contribution in [3.05, 3.63) is 41.1 Å². The van der Waals surface area contributed by atoms with Gasteiger partial charge < -0.3 is 14.5 Å². The van der Waals surface area contributed by atoms with Gasteiger partial charge in [-0.25, -0.2) is 13.4 Å². The highest BCUT2D eigenvalue weighted by Gasteiger charge is 2.29. The summed E-state index contributed by atoms with van der Waals surface area (Å²) < 4.78 is 33.6. The second kappa shape index (κ2) is 9.10. The number of aromatic nitrogens is 2. The molecule has 0 aliphatic carbocycles. The first-order chi connectivity index (χ1) is 14.9. The number of rotatable bonds is 5. The van der Waals surface area contributed by atoms with Crippen molar-refractivity contribution in [2.75, 3.05) is 63.3 Å². The predicted octanol–water partition coefficient (Wildman–Crippen LogP) is 1.73. The fourth-order valence-electron chi connectivity index (χ4n) is 4.11. The molecule has 2 aromatic rings. The van der Waals surface area contributed by atoms with Gasteiger partial charge in [-0.05, 0) is 30.5 Å². The Balaban J connectivity index is 1.62. The van der Waals surface area contributed by atoms with Crippen molar-refractivity contribution in [1.29, 1.82) is 0 Å². The lowest BCUT2D eigenvalue weighted by Crippen LogP contribution is -2.38. The lowest BCUT2D eigenvalue weighted by Gasteiger charge is -2.28. The number of nitrogens with zero attached hydrogens (tertiary/aromatic N) is 5. The van der Waals surface area contributed by atoms with E-state index in [0.717, 1.165) is 42.1 Å². The third-order valence-electron chi connectivity index (χ3n) is 5.96. The molecule has 9 heteroatoms. The molecule has 3 heterocycles. The van der Waals surface area contributed by atoms with Crippen LogP contribution in [0, 0.1) is 0 Å². The van der Waals surface area contributed by atoms with Crippen LogP contribution >= 0.6 is 0 Å². The number of hydrogen-bond acceptors (Lipinski definition) is 7. The minimum atomic E-state index is -3.55. The normalized spacial score (nSPS) is 17.8. The van der Waals surface area contributed by atoms with Crippen molar-refractivity contribution in [1.82, 2.24) is 14.3 Å². The molecule has 1 fully saturated rings. The van der Waals surface area contributed by atoms with Gasteiger partial charge in [-0.15, -0.1) is 0 Å². The van der Waals surface area contributed by atoms with Crippen LogP contribution in [0.5, 0.6) is 0 Å². The summed E-state index contributed by atoms with van der Waals surface area (Å²) in [6.45, 7) is 5.76. The summed E-state index contributed by atoms with van der Waals surface area (Å²) in [5, 5.41) is 0. The van der Waals surface area contributed by atoms with Gasteiger partial charge in [-0.2, -0.15) is 9.29 Å². The first-order valence-electron chi connectivity index (χ1n) is 10.9. The Morgan fingerprint density at radius 3 is 2.32 bits per heavy atom. The lowest BCUT2D eigenvalue weighted by atomic mass is 10.1. The number of anilines is 2. The SMILES string of the molecule is CCc1ccc(S(=O)(=O)N2CCc3nc(N4CCOCC4)nc(N(C)C)c3CC2)cc1. The second-order valence-corrected chi connectivity index (χ2v) is 10.1. The molecule has 0 radical (unpaired) electrons. The molecule has 31 heavy (non-hydrogen) atoms. The molecule has 0 bridgehead atoms. The zero-order chi connectivity index (χ0) is 22.0.